The van der Waals surface area contributed by atoms with Crippen molar-refractivity contribution in [3.8, 4) is 11.5 Å². The Kier molecular flexibility index (Phi) is 3.23. The average Bonchev–Trinajstić information content (AvgIpc) is 2.78. The van der Waals surface area contributed by atoms with E-state index >= 15 is 0 Å². The van der Waals surface area contributed by atoms with E-state index in [0.29, 0.717) is 11.5 Å². The molecule has 0 aliphatic rings. The Hall–Kier alpha value is -2.43. The van der Waals surface area contributed by atoms with Crippen molar-refractivity contribution in [1.29, 1.82) is 0 Å². The molecule has 5 heteroatoms. The highest BCUT2D eigenvalue weighted by Crippen LogP contribution is 2.33. The number of rotatable bonds is 4. The second kappa shape index (κ2) is 4.83. The van der Waals surface area contributed by atoms with Crippen molar-refractivity contribution in [2.45, 2.75) is 0 Å². The fraction of sp³-hybridized carbons (Fsp3) is 0.154. The van der Waals surface area contributed by atoms with E-state index in [1.54, 1.807) is 26.5 Å². The van der Waals surface area contributed by atoms with E-state index in [2.05, 4.69) is 4.98 Å². The van der Waals surface area contributed by atoms with Gasteiger partial charge in [-0.15, -0.1) is 0 Å². The fourth-order valence-corrected chi connectivity index (χ4v) is 1.80. The Morgan fingerprint density at radius 3 is 2.72 bits per heavy atom. The third-order valence-electron chi connectivity index (χ3n) is 2.61. The molecule has 94 valence electrons. The Labute approximate surface area is 104 Å². The molecule has 2 N–H and O–H groups in total. The number of carbonyl (C=O) groups is 1. The highest BCUT2D eigenvalue weighted by atomic mass is 16.5. The van der Waals surface area contributed by atoms with Gasteiger partial charge in [0.2, 0.25) is 0 Å². The second-order valence-electron chi connectivity index (χ2n) is 3.67. The molecule has 1 heterocycles. The topological polar surface area (TPSA) is 71.6 Å². The van der Waals surface area contributed by atoms with Gasteiger partial charge >= 0.3 is 5.97 Å². The first-order valence-electron chi connectivity index (χ1n) is 5.30. The minimum Gasteiger partial charge on any atom is -0.497 e. The van der Waals surface area contributed by atoms with Crippen molar-refractivity contribution in [1.82, 2.24) is 4.98 Å². The molecule has 1 aromatic carbocycles. The van der Waals surface area contributed by atoms with Crippen molar-refractivity contribution in [2.24, 2.45) is 0 Å². The Balaban J connectivity index is 2.60. The number of H-pyrrole nitrogens is 1. The number of hydrogen-bond donors (Lipinski definition) is 2. The molecule has 18 heavy (non-hydrogen) atoms. The molecular weight excluding hydrogens is 234 g/mol. The van der Waals surface area contributed by atoms with Crippen LogP contribution in [-0.2, 0) is 4.79 Å². The van der Waals surface area contributed by atoms with Crippen LogP contribution in [0.5, 0.6) is 11.5 Å². The zero-order valence-corrected chi connectivity index (χ0v) is 10.1. The van der Waals surface area contributed by atoms with Gasteiger partial charge in [0.05, 0.1) is 19.7 Å². The molecule has 0 radical (unpaired) electrons. The van der Waals surface area contributed by atoms with Gasteiger partial charge in [0.15, 0.2) is 0 Å². The summed E-state index contributed by atoms with van der Waals surface area (Å²) < 4.78 is 10.5. The first-order valence-corrected chi connectivity index (χ1v) is 5.30. The van der Waals surface area contributed by atoms with Crippen LogP contribution in [0.1, 0.15) is 5.56 Å². The van der Waals surface area contributed by atoms with Gasteiger partial charge < -0.3 is 19.6 Å². The molecule has 1 aromatic heterocycles. The monoisotopic (exact) mass is 247 g/mol. The average molecular weight is 247 g/mol. The van der Waals surface area contributed by atoms with Crippen LogP contribution < -0.4 is 9.47 Å². The second-order valence-corrected chi connectivity index (χ2v) is 3.67. The number of methoxy groups -OCH3 is 2. The van der Waals surface area contributed by atoms with E-state index in [1.807, 2.05) is 6.07 Å². The zero-order chi connectivity index (χ0) is 13.1. The van der Waals surface area contributed by atoms with Gasteiger partial charge in [-0.2, -0.15) is 0 Å². The minimum absolute atomic E-state index is 0.635. The lowest BCUT2D eigenvalue weighted by atomic mass is 10.1. The molecule has 0 atom stereocenters. The number of aromatic nitrogens is 1. The maximum atomic E-state index is 10.5. The molecule has 0 unspecified atom stereocenters. The maximum absolute atomic E-state index is 10.5. The van der Waals surface area contributed by atoms with Gasteiger partial charge in [-0.3, -0.25) is 0 Å². The summed E-state index contributed by atoms with van der Waals surface area (Å²) in [5.74, 6) is 0.322. The van der Waals surface area contributed by atoms with Crippen molar-refractivity contribution in [3.63, 3.8) is 0 Å². The van der Waals surface area contributed by atoms with Crippen LogP contribution >= 0.6 is 0 Å². The van der Waals surface area contributed by atoms with Crippen LogP contribution in [0, 0.1) is 0 Å². The minimum atomic E-state index is -0.989. The molecule has 0 fully saturated rings. The number of fused-ring (bicyclic) bond motifs is 1. The molecule has 0 saturated carbocycles. The van der Waals surface area contributed by atoms with Crippen LogP contribution in [0.15, 0.2) is 24.4 Å². The van der Waals surface area contributed by atoms with Gasteiger partial charge in [0.25, 0.3) is 0 Å². The van der Waals surface area contributed by atoms with Crippen LogP contribution in [0.4, 0.5) is 0 Å². The highest BCUT2D eigenvalue weighted by molar-refractivity contribution is 5.97. The van der Waals surface area contributed by atoms with Gasteiger partial charge in [-0.25, -0.2) is 4.79 Å². The smallest absolute Gasteiger partial charge is 0.328 e. The van der Waals surface area contributed by atoms with Crippen LogP contribution in [0.25, 0.3) is 17.0 Å². The molecular formula is C13H13NO4. The molecule has 0 aliphatic carbocycles. The lowest BCUT2D eigenvalue weighted by molar-refractivity contribution is -0.131. The molecule has 0 aliphatic heterocycles. The summed E-state index contributed by atoms with van der Waals surface area (Å²) in [4.78, 5) is 13.6. The number of benzene rings is 1. The highest BCUT2D eigenvalue weighted by Gasteiger charge is 2.10. The SMILES string of the molecule is COc1cc(OC)c2c(/C=C/C(=O)O)c[nH]c2c1. The third kappa shape index (κ3) is 2.15. The van der Waals surface area contributed by atoms with Crippen molar-refractivity contribution in [3.05, 3.63) is 30.0 Å². The number of hydrogen-bond acceptors (Lipinski definition) is 3. The largest absolute Gasteiger partial charge is 0.497 e. The molecule has 0 saturated heterocycles. The zero-order valence-electron chi connectivity index (χ0n) is 10.1. The maximum Gasteiger partial charge on any atom is 0.328 e. The van der Waals surface area contributed by atoms with Crippen molar-refractivity contribution in [2.75, 3.05) is 14.2 Å². The quantitative estimate of drug-likeness (QED) is 0.813. The predicted octanol–water partition coefficient (Wildman–Crippen LogP) is 2.28. The van der Waals surface area contributed by atoms with Crippen molar-refractivity contribution >= 4 is 22.9 Å². The Bertz CT molecular complexity index is 613. The molecule has 0 bridgehead atoms. The van der Waals surface area contributed by atoms with Gasteiger partial charge in [-0.1, -0.05) is 0 Å². The Morgan fingerprint density at radius 2 is 2.11 bits per heavy atom. The van der Waals surface area contributed by atoms with Crippen LogP contribution in [0.3, 0.4) is 0 Å². The van der Waals surface area contributed by atoms with E-state index in [9.17, 15) is 4.79 Å². The number of aromatic amines is 1. The lowest BCUT2D eigenvalue weighted by Gasteiger charge is -2.06. The van der Waals surface area contributed by atoms with E-state index in [-0.39, 0.29) is 0 Å². The number of carboxylic acids is 1. The molecule has 0 amide bonds. The molecule has 0 spiro atoms. The number of ether oxygens (including phenoxy) is 2. The van der Waals surface area contributed by atoms with Gasteiger partial charge in [0.1, 0.15) is 11.5 Å². The summed E-state index contributed by atoms with van der Waals surface area (Å²) in [5, 5.41) is 9.47. The standard InChI is InChI=1S/C13H13NO4/c1-17-9-5-10-13(11(6-9)18-2)8(7-14-10)3-4-12(15)16/h3-7,14H,1-2H3,(H,15,16)/b4-3+. The van der Waals surface area contributed by atoms with E-state index in [4.69, 9.17) is 14.6 Å². The van der Waals surface area contributed by atoms with E-state index in [0.717, 1.165) is 22.5 Å². The number of aliphatic carboxylic acids is 1. The van der Waals surface area contributed by atoms with Crippen molar-refractivity contribution < 1.29 is 19.4 Å². The van der Waals surface area contributed by atoms with E-state index < -0.39 is 5.97 Å². The van der Waals surface area contributed by atoms with Crippen LogP contribution in [0.2, 0.25) is 0 Å². The number of carboxylic acid groups (broad SMARTS) is 1. The van der Waals surface area contributed by atoms with Crippen LogP contribution in [-0.4, -0.2) is 30.3 Å². The Morgan fingerprint density at radius 1 is 1.33 bits per heavy atom. The van der Waals surface area contributed by atoms with Gasteiger partial charge in [-0.05, 0) is 6.08 Å². The summed E-state index contributed by atoms with van der Waals surface area (Å²) in [6.45, 7) is 0. The predicted molar refractivity (Wildman–Crippen MR) is 68.1 cm³/mol. The molecule has 2 aromatic rings. The summed E-state index contributed by atoms with van der Waals surface area (Å²) in [6, 6.07) is 3.59. The molecule has 2 rings (SSSR count). The normalized spacial score (nSPS) is 11.0. The summed E-state index contributed by atoms with van der Waals surface area (Å²) in [6.07, 6.45) is 4.34. The first kappa shape index (κ1) is 12.0. The summed E-state index contributed by atoms with van der Waals surface area (Å²) in [7, 11) is 3.14. The third-order valence-corrected chi connectivity index (χ3v) is 2.61. The molecule has 5 nitrogen and oxygen atoms in total. The number of nitrogens with one attached hydrogen (secondary N) is 1. The van der Waals surface area contributed by atoms with E-state index in [1.165, 1.54) is 6.08 Å². The summed E-state index contributed by atoms with van der Waals surface area (Å²) in [5.41, 5.74) is 1.59. The first-order chi connectivity index (χ1) is 8.65. The summed E-state index contributed by atoms with van der Waals surface area (Å²) >= 11 is 0. The fourth-order valence-electron chi connectivity index (χ4n) is 1.80. The lowest BCUT2D eigenvalue weighted by Crippen LogP contribution is -1.89. The van der Waals surface area contributed by atoms with Gasteiger partial charge in [0, 0.05) is 35.4 Å².